The van der Waals surface area contributed by atoms with Gasteiger partial charge in [0.2, 0.25) is 0 Å². The van der Waals surface area contributed by atoms with Gasteiger partial charge in [-0.15, -0.1) is 0 Å². The van der Waals surface area contributed by atoms with Crippen molar-refractivity contribution in [1.29, 1.82) is 0 Å². The molecule has 0 aliphatic rings. The van der Waals surface area contributed by atoms with Crippen LogP contribution in [0, 0.1) is 0 Å². The Bertz CT molecular complexity index is 534. The summed E-state index contributed by atoms with van der Waals surface area (Å²) in [7, 11) is 1.70. The monoisotopic (exact) mass is 256 g/mol. The van der Waals surface area contributed by atoms with Crippen LogP contribution in [0.1, 0.15) is 11.1 Å². The van der Waals surface area contributed by atoms with Crippen molar-refractivity contribution < 1.29 is 17.7 Å². The predicted molar refractivity (Wildman–Crippen MR) is 59.7 cm³/mol. The Morgan fingerprint density at radius 3 is 2.67 bits per heavy atom. The molecule has 1 N–H and O–H groups in total. The van der Waals surface area contributed by atoms with Gasteiger partial charge in [0.05, 0.1) is 11.8 Å². The van der Waals surface area contributed by atoms with Crippen molar-refractivity contribution in [2.75, 3.05) is 7.05 Å². The van der Waals surface area contributed by atoms with Gasteiger partial charge in [0.25, 0.3) is 0 Å². The topological polar surface area (TPSA) is 38.1 Å². The third-order valence-corrected chi connectivity index (χ3v) is 2.49. The molecule has 0 aliphatic carbocycles. The number of hydrogen-bond donors (Lipinski definition) is 1. The molecule has 0 atom stereocenters. The fourth-order valence-electron chi connectivity index (χ4n) is 1.73. The number of benzene rings is 1. The van der Waals surface area contributed by atoms with Crippen LogP contribution < -0.4 is 5.32 Å². The van der Waals surface area contributed by atoms with Crippen LogP contribution in [-0.4, -0.2) is 12.2 Å². The molecule has 18 heavy (non-hydrogen) atoms. The first-order chi connectivity index (χ1) is 8.54. The molecule has 1 aromatic carbocycles. The summed E-state index contributed by atoms with van der Waals surface area (Å²) < 4.78 is 43.6. The van der Waals surface area contributed by atoms with E-state index in [-0.39, 0.29) is 11.3 Å². The molecule has 0 amide bonds. The van der Waals surface area contributed by atoms with E-state index in [1.54, 1.807) is 7.05 Å². The van der Waals surface area contributed by atoms with Crippen LogP contribution in [0.3, 0.4) is 0 Å². The Morgan fingerprint density at radius 1 is 1.28 bits per heavy atom. The Hall–Kier alpha value is -1.82. The van der Waals surface area contributed by atoms with E-state index in [4.69, 9.17) is 4.52 Å². The fraction of sp³-hybridized carbons (Fsp3) is 0.250. The molecule has 6 heteroatoms. The number of halogens is 3. The van der Waals surface area contributed by atoms with Crippen molar-refractivity contribution in [2.24, 2.45) is 0 Å². The molecule has 0 saturated heterocycles. The molecular formula is C12H11F3N2O. The van der Waals surface area contributed by atoms with Crippen molar-refractivity contribution in [3.8, 4) is 11.3 Å². The third kappa shape index (κ3) is 2.38. The molecule has 2 aromatic rings. The molecule has 0 unspecified atom stereocenters. The second-order valence-electron chi connectivity index (χ2n) is 3.75. The van der Waals surface area contributed by atoms with Gasteiger partial charge in [-0.3, -0.25) is 0 Å². The Morgan fingerprint density at radius 2 is 2.00 bits per heavy atom. The highest BCUT2D eigenvalue weighted by Gasteiger charge is 2.34. The molecule has 3 nitrogen and oxygen atoms in total. The number of nitrogens with zero attached hydrogens (tertiary/aromatic N) is 1. The van der Waals surface area contributed by atoms with Gasteiger partial charge in [-0.1, -0.05) is 23.4 Å². The molecule has 0 bridgehead atoms. The maximum atomic E-state index is 12.9. The molecule has 0 spiro atoms. The van der Waals surface area contributed by atoms with Gasteiger partial charge in [-0.25, -0.2) is 0 Å². The maximum absolute atomic E-state index is 12.9. The lowest BCUT2D eigenvalue weighted by atomic mass is 10.0. The zero-order valence-electron chi connectivity index (χ0n) is 9.58. The smallest absolute Gasteiger partial charge is 0.356 e. The summed E-state index contributed by atoms with van der Waals surface area (Å²) in [5.74, 6) is 0.150. The summed E-state index contributed by atoms with van der Waals surface area (Å²) in [6.07, 6.45) is -3.00. The summed E-state index contributed by atoms with van der Waals surface area (Å²) >= 11 is 0. The summed E-state index contributed by atoms with van der Waals surface area (Å²) in [6.45, 7) is 0.394. The van der Waals surface area contributed by atoms with Gasteiger partial charge in [-0.2, -0.15) is 13.2 Å². The van der Waals surface area contributed by atoms with Crippen LogP contribution in [0.4, 0.5) is 13.2 Å². The lowest BCUT2D eigenvalue weighted by molar-refractivity contribution is -0.137. The number of alkyl halides is 3. The van der Waals surface area contributed by atoms with Crippen molar-refractivity contribution >= 4 is 0 Å². The Kier molecular flexibility index (Phi) is 3.38. The van der Waals surface area contributed by atoms with Crippen molar-refractivity contribution in [3.63, 3.8) is 0 Å². The highest BCUT2D eigenvalue weighted by Crippen LogP contribution is 2.37. The van der Waals surface area contributed by atoms with Gasteiger partial charge < -0.3 is 9.84 Å². The minimum absolute atomic E-state index is 0.00718. The van der Waals surface area contributed by atoms with E-state index in [2.05, 4.69) is 10.5 Å². The minimum Gasteiger partial charge on any atom is -0.356 e. The van der Waals surface area contributed by atoms with Crippen LogP contribution in [0.25, 0.3) is 11.3 Å². The van der Waals surface area contributed by atoms with E-state index >= 15 is 0 Å². The second kappa shape index (κ2) is 4.81. The van der Waals surface area contributed by atoms with E-state index in [9.17, 15) is 13.2 Å². The predicted octanol–water partition coefficient (Wildman–Crippen LogP) is 3.08. The summed E-state index contributed by atoms with van der Waals surface area (Å²) in [5, 5.41) is 6.42. The van der Waals surface area contributed by atoms with Crippen LogP contribution in [-0.2, 0) is 12.7 Å². The number of aromatic nitrogens is 1. The van der Waals surface area contributed by atoms with Crippen molar-refractivity contribution in [1.82, 2.24) is 10.5 Å². The van der Waals surface area contributed by atoms with Crippen molar-refractivity contribution in [3.05, 3.63) is 41.6 Å². The summed E-state index contributed by atoms with van der Waals surface area (Å²) in [6, 6.07) is 5.29. The third-order valence-electron chi connectivity index (χ3n) is 2.49. The number of nitrogens with one attached hydrogen (secondary N) is 1. The zero-order chi connectivity index (χ0) is 13.2. The van der Waals surface area contributed by atoms with Crippen molar-refractivity contribution in [2.45, 2.75) is 12.7 Å². The minimum atomic E-state index is -4.42. The SMILES string of the molecule is CNCc1cnoc1-c1ccccc1C(F)(F)F. The average Bonchev–Trinajstić information content (AvgIpc) is 2.77. The number of rotatable bonds is 3. The molecule has 1 heterocycles. The highest BCUT2D eigenvalue weighted by molar-refractivity contribution is 5.65. The molecule has 0 aliphatic heterocycles. The van der Waals surface area contributed by atoms with Gasteiger partial charge in [0.15, 0.2) is 5.76 Å². The second-order valence-corrected chi connectivity index (χ2v) is 3.75. The lowest BCUT2D eigenvalue weighted by Crippen LogP contribution is -2.09. The molecule has 2 rings (SSSR count). The van der Waals surface area contributed by atoms with Gasteiger partial charge in [0.1, 0.15) is 0 Å². The van der Waals surface area contributed by atoms with Crippen LogP contribution in [0.5, 0.6) is 0 Å². The van der Waals surface area contributed by atoms with E-state index in [0.29, 0.717) is 12.1 Å². The molecule has 1 aromatic heterocycles. The van der Waals surface area contributed by atoms with Gasteiger partial charge in [0, 0.05) is 17.7 Å². The first-order valence-electron chi connectivity index (χ1n) is 5.28. The summed E-state index contributed by atoms with van der Waals surface area (Å²) in [5.41, 5.74) is -0.124. The largest absolute Gasteiger partial charge is 0.417 e. The highest BCUT2D eigenvalue weighted by atomic mass is 19.4. The summed E-state index contributed by atoms with van der Waals surface area (Å²) in [4.78, 5) is 0. The van der Waals surface area contributed by atoms with Crippen LogP contribution in [0.2, 0.25) is 0 Å². The first-order valence-corrected chi connectivity index (χ1v) is 5.28. The van der Waals surface area contributed by atoms with Gasteiger partial charge >= 0.3 is 6.18 Å². The lowest BCUT2D eigenvalue weighted by Gasteiger charge is -2.11. The Balaban J connectivity index is 2.54. The Labute approximate surface area is 102 Å². The quantitative estimate of drug-likeness (QED) is 0.917. The standard InChI is InChI=1S/C12H11F3N2O/c1-16-6-8-7-17-18-11(8)9-4-2-3-5-10(9)12(13,14)15/h2-5,7,16H,6H2,1H3. The molecule has 0 fully saturated rings. The van der Waals surface area contributed by atoms with Crippen LogP contribution in [0.15, 0.2) is 35.0 Å². The van der Waals surface area contributed by atoms with E-state index in [1.165, 1.54) is 24.4 Å². The molecule has 96 valence electrons. The van der Waals surface area contributed by atoms with Crippen LogP contribution >= 0.6 is 0 Å². The fourth-order valence-corrected chi connectivity index (χ4v) is 1.73. The molecule has 0 saturated carbocycles. The van der Waals surface area contributed by atoms with E-state index < -0.39 is 11.7 Å². The normalized spacial score (nSPS) is 11.8. The maximum Gasteiger partial charge on any atom is 0.417 e. The molecule has 0 radical (unpaired) electrons. The number of hydrogen-bond acceptors (Lipinski definition) is 3. The zero-order valence-corrected chi connectivity index (χ0v) is 9.58. The van der Waals surface area contributed by atoms with E-state index in [1.807, 2.05) is 0 Å². The molecular weight excluding hydrogens is 245 g/mol. The van der Waals surface area contributed by atoms with E-state index in [0.717, 1.165) is 6.07 Å². The van der Waals surface area contributed by atoms with Gasteiger partial charge in [-0.05, 0) is 13.1 Å². The average molecular weight is 256 g/mol. The first kappa shape index (κ1) is 12.6.